The van der Waals surface area contributed by atoms with Crippen molar-refractivity contribution in [2.45, 2.75) is 341 Å². The normalized spacial score (nSPS) is 14.6. The van der Waals surface area contributed by atoms with Gasteiger partial charge in [-0.2, -0.15) is 0 Å². The molecular weight excluding hydrogens is 1350 g/mol. The molecule has 596 valence electrons. The van der Waals surface area contributed by atoms with Crippen molar-refractivity contribution >= 4 is 39.5 Å². The lowest BCUT2D eigenvalue weighted by Gasteiger charge is -2.21. The highest BCUT2D eigenvalue weighted by Gasteiger charge is 2.30. The molecule has 0 aliphatic rings. The maximum atomic E-state index is 13.1. The monoisotopic (exact) mass is 1500 g/mol. The highest BCUT2D eigenvalue weighted by Crippen LogP contribution is 2.45. The van der Waals surface area contributed by atoms with E-state index in [4.69, 9.17) is 37.0 Å². The second-order valence-corrected chi connectivity index (χ2v) is 29.5. The lowest BCUT2D eigenvalue weighted by Crippen LogP contribution is -2.30. The molecule has 0 radical (unpaired) electrons. The van der Waals surface area contributed by atoms with Crippen LogP contribution in [0.15, 0.2) is 134 Å². The van der Waals surface area contributed by atoms with Gasteiger partial charge in [0.1, 0.15) is 19.3 Å². The van der Waals surface area contributed by atoms with Crippen molar-refractivity contribution in [3.8, 4) is 0 Å². The van der Waals surface area contributed by atoms with Crippen LogP contribution in [0.3, 0.4) is 0 Å². The molecule has 0 aromatic rings. The Kier molecular flexibility index (Phi) is 72.9. The van der Waals surface area contributed by atoms with Crippen molar-refractivity contribution < 1.29 is 80.2 Å². The van der Waals surface area contributed by atoms with E-state index in [1.54, 1.807) is 0 Å². The van der Waals surface area contributed by atoms with Crippen molar-refractivity contribution in [2.75, 3.05) is 39.6 Å². The number of rotatable bonds is 75. The van der Waals surface area contributed by atoms with Crippen LogP contribution in [0, 0.1) is 0 Å². The number of aliphatic hydroxyl groups excluding tert-OH is 1. The largest absolute Gasteiger partial charge is 0.472 e. The number of hydrogen-bond acceptors (Lipinski definition) is 15. The molecule has 19 heteroatoms. The first-order valence-corrected chi connectivity index (χ1v) is 43.4. The number of hydrogen-bond donors (Lipinski definition) is 3. The molecule has 0 heterocycles. The lowest BCUT2D eigenvalue weighted by atomic mass is 10.1. The van der Waals surface area contributed by atoms with Crippen molar-refractivity contribution in [1.29, 1.82) is 0 Å². The highest BCUT2D eigenvalue weighted by atomic mass is 31.2. The molecule has 0 fully saturated rings. The maximum Gasteiger partial charge on any atom is 0.472 e. The summed E-state index contributed by atoms with van der Waals surface area (Å²) < 4.78 is 68.5. The van der Waals surface area contributed by atoms with E-state index in [0.29, 0.717) is 38.5 Å². The molecule has 5 atom stereocenters. The molecule has 0 amide bonds. The summed E-state index contributed by atoms with van der Waals surface area (Å²) in [4.78, 5) is 73.0. The van der Waals surface area contributed by atoms with Gasteiger partial charge in [0.15, 0.2) is 12.2 Å². The third-order valence-electron chi connectivity index (χ3n) is 16.6. The Hall–Kier alpha value is -4.80. The van der Waals surface area contributed by atoms with Gasteiger partial charge in [-0.25, -0.2) is 9.13 Å². The lowest BCUT2D eigenvalue weighted by molar-refractivity contribution is -0.161. The van der Waals surface area contributed by atoms with E-state index in [1.807, 2.05) is 24.3 Å². The molecule has 0 aromatic heterocycles. The van der Waals surface area contributed by atoms with Gasteiger partial charge in [0, 0.05) is 25.7 Å². The molecule has 0 aromatic carbocycles. The Morgan fingerprint density at radius 2 is 0.481 bits per heavy atom. The van der Waals surface area contributed by atoms with Crippen molar-refractivity contribution in [2.24, 2.45) is 0 Å². The Bertz CT molecular complexity index is 2490. The minimum absolute atomic E-state index is 0.0121. The standard InChI is InChI=1S/C85H144O17P2/c1-5-9-13-17-21-25-29-33-37-39-43-46-50-54-58-62-66-70-83(88)96-76-80(101-84(89)71-67-63-59-55-51-47-42-36-32-28-24-20-16-12-8-4)77-99-103(91,92)97-73-79(86)74-98-104(93,94)100-78-81(75-95-82(87)69-65-61-57-53-49-45-41-35-31-27-23-19-15-11-7-3)102-85(90)72-68-64-60-56-52-48-44-40-38-34-30-26-22-18-14-10-6-2/h21-23,25-28,32-35,37-38,41,43-44,46,48,54,56,58,60,79-81,86H,5-20,24,29-31,36,39-40,42,45,47,49-53,55,57,59,61-78H2,1-4H3,(H,91,92)(H,93,94)/b25-21-,26-22-,27-23-,32-28-,37-33-,38-34-,41-35-,46-43-,48-44-,58-54-,60-56-/t79-,80-,81-/m1/s1. The molecule has 0 saturated carbocycles. The number of unbranched alkanes of at least 4 members (excludes halogenated alkanes) is 27. The number of esters is 4. The van der Waals surface area contributed by atoms with E-state index < -0.39 is 97.5 Å². The van der Waals surface area contributed by atoms with Crippen LogP contribution >= 0.6 is 15.6 Å². The van der Waals surface area contributed by atoms with E-state index in [9.17, 15) is 43.2 Å². The van der Waals surface area contributed by atoms with Crippen LogP contribution in [-0.2, 0) is 65.4 Å². The summed E-state index contributed by atoms with van der Waals surface area (Å²) in [6, 6.07) is 0. The zero-order valence-corrected chi connectivity index (χ0v) is 66.9. The van der Waals surface area contributed by atoms with E-state index in [-0.39, 0.29) is 25.7 Å². The summed E-state index contributed by atoms with van der Waals surface area (Å²) in [7, 11) is -10.0. The topological polar surface area (TPSA) is 237 Å². The fraction of sp³-hybridized carbons (Fsp3) is 0.694. The first-order valence-electron chi connectivity index (χ1n) is 40.4. The van der Waals surface area contributed by atoms with Crippen molar-refractivity contribution in [1.82, 2.24) is 0 Å². The fourth-order valence-electron chi connectivity index (χ4n) is 10.3. The van der Waals surface area contributed by atoms with Gasteiger partial charge < -0.3 is 33.8 Å². The van der Waals surface area contributed by atoms with E-state index in [0.717, 1.165) is 148 Å². The zero-order chi connectivity index (χ0) is 76.0. The summed E-state index contributed by atoms with van der Waals surface area (Å²) in [5, 5.41) is 10.6. The molecule has 17 nitrogen and oxygen atoms in total. The van der Waals surface area contributed by atoms with Gasteiger partial charge in [-0.1, -0.05) is 271 Å². The van der Waals surface area contributed by atoms with Gasteiger partial charge in [0.2, 0.25) is 0 Å². The Morgan fingerprint density at radius 3 is 0.798 bits per heavy atom. The predicted molar refractivity (Wildman–Crippen MR) is 427 cm³/mol. The molecule has 0 spiro atoms. The average Bonchev–Trinajstić information content (AvgIpc) is 0.909. The predicted octanol–water partition coefficient (Wildman–Crippen LogP) is 23.7. The smallest absolute Gasteiger partial charge is 0.462 e. The molecule has 0 aliphatic heterocycles. The summed E-state index contributed by atoms with van der Waals surface area (Å²) in [6.45, 7) is 4.65. The molecule has 0 aliphatic carbocycles. The summed E-state index contributed by atoms with van der Waals surface area (Å²) in [5.74, 6) is -2.32. The van der Waals surface area contributed by atoms with Crippen molar-refractivity contribution in [3.05, 3.63) is 134 Å². The number of phosphoric acid groups is 2. The minimum atomic E-state index is -5.00. The molecule has 3 N–H and O–H groups in total. The number of ether oxygens (including phenoxy) is 4. The minimum Gasteiger partial charge on any atom is -0.462 e. The van der Waals surface area contributed by atoms with Crippen LogP contribution in [0.25, 0.3) is 0 Å². The first-order chi connectivity index (χ1) is 50.7. The summed E-state index contributed by atoms with van der Waals surface area (Å²) in [5.41, 5.74) is 0. The van der Waals surface area contributed by atoms with Gasteiger partial charge in [0.05, 0.1) is 26.4 Å². The van der Waals surface area contributed by atoms with Crippen LogP contribution in [-0.4, -0.2) is 96.7 Å². The molecule has 104 heavy (non-hydrogen) atoms. The van der Waals surface area contributed by atoms with E-state index in [1.165, 1.54) is 83.5 Å². The fourth-order valence-corrected chi connectivity index (χ4v) is 11.9. The molecule has 0 bridgehead atoms. The first kappa shape index (κ1) is 99.2. The van der Waals surface area contributed by atoms with E-state index >= 15 is 0 Å². The van der Waals surface area contributed by atoms with Gasteiger partial charge in [-0.05, 0) is 161 Å². The zero-order valence-electron chi connectivity index (χ0n) is 65.2. The molecule has 2 unspecified atom stereocenters. The summed E-state index contributed by atoms with van der Waals surface area (Å²) >= 11 is 0. The van der Waals surface area contributed by atoms with Crippen LogP contribution in [0.4, 0.5) is 0 Å². The number of aliphatic hydroxyl groups is 1. The number of carbonyl (C=O) groups is 4. The molecule has 0 rings (SSSR count). The van der Waals surface area contributed by atoms with Crippen LogP contribution in [0.1, 0.15) is 323 Å². The SMILES string of the molecule is CCCCC/C=C\C/C=C\C/C=C\C/C=C\CCCC(=O)OC[C@H](COP(=O)(O)OC[C@@H](O)COP(=O)(O)OC[C@@H](COC(=O)CCCCCCC/C=C\C/C=C\CCCCC)OC(=O)CCC/C=C\C/C=C\C/C=C\C/C=C\CCCCC)OC(=O)CCCCCCCCC/C=C\CCCCCC. The van der Waals surface area contributed by atoms with Gasteiger partial charge in [-0.15, -0.1) is 0 Å². The van der Waals surface area contributed by atoms with E-state index in [2.05, 4.69) is 137 Å². The number of carbonyl (C=O) groups excluding carboxylic acids is 4. The van der Waals surface area contributed by atoms with Gasteiger partial charge >= 0.3 is 39.5 Å². The van der Waals surface area contributed by atoms with Crippen LogP contribution in [0.5, 0.6) is 0 Å². The van der Waals surface area contributed by atoms with Crippen LogP contribution in [0.2, 0.25) is 0 Å². The maximum absolute atomic E-state index is 13.1. The third kappa shape index (κ3) is 75.4. The van der Waals surface area contributed by atoms with Gasteiger partial charge in [-0.3, -0.25) is 37.3 Å². The average molecular weight is 1500 g/mol. The quantitative estimate of drug-likeness (QED) is 0.0169. The second kappa shape index (κ2) is 76.4. The molecular formula is C85H144O17P2. The Balaban J connectivity index is 5.48. The number of phosphoric ester groups is 2. The number of allylic oxidation sites excluding steroid dienone is 22. The molecule has 0 saturated heterocycles. The Morgan fingerprint density at radius 1 is 0.269 bits per heavy atom. The second-order valence-electron chi connectivity index (χ2n) is 26.6. The van der Waals surface area contributed by atoms with Crippen molar-refractivity contribution in [3.63, 3.8) is 0 Å². The summed E-state index contributed by atoms with van der Waals surface area (Å²) in [6.07, 6.45) is 85.8. The Labute approximate surface area is 631 Å². The van der Waals surface area contributed by atoms with Crippen LogP contribution < -0.4 is 0 Å². The highest BCUT2D eigenvalue weighted by molar-refractivity contribution is 7.47. The third-order valence-corrected chi connectivity index (χ3v) is 18.5. The van der Waals surface area contributed by atoms with Gasteiger partial charge in [0.25, 0.3) is 0 Å².